The lowest BCUT2D eigenvalue weighted by Gasteiger charge is -2.11. The molecule has 2 amide bonds. The average Bonchev–Trinajstić information content (AvgIpc) is 2.66. The van der Waals surface area contributed by atoms with E-state index in [1.165, 1.54) is 0 Å². The van der Waals surface area contributed by atoms with Gasteiger partial charge in [0.05, 0.1) is 14.2 Å². The van der Waals surface area contributed by atoms with E-state index in [4.69, 9.17) is 9.47 Å². The van der Waals surface area contributed by atoms with E-state index in [0.717, 1.165) is 5.56 Å². The van der Waals surface area contributed by atoms with Crippen LogP contribution in [0.3, 0.4) is 0 Å². The van der Waals surface area contributed by atoms with Gasteiger partial charge < -0.3 is 20.1 Å². The predicted molar refractivity (Wildman–Crippen MR) is 101 cm³/mol. The maximum atomic E-state index is 12.3. The highest BCUT2D eigenvalue weighted by molar-refractivity contribution is 5.96. The van der Waals surface area contributed by atoms with Crippen LogP contribution in [0.5, 0.6) is 11.5 Å². The smallest absolute Gasteiger partial charge is 0.251 e. The highest BCUT2D eigenvalue weighted by Gasteiger charge is 2.10. The minimum atomic E-state index is -0.193. The van der Waals surface area contributed by atoms with Gasteiger partial charge in [-0.2, -0.15) is 0 Å². The van der Waals surface area contributed by atoms with Gasteiger partial charge in [-0.15, -0.1) is 0 Å². The van der Waals surface area contributed by atoms with Gasteiger partial charge in [-0.3, -0.25) is 9.59 Å². The number of benzene rings is 2. The van der Waals surface area contributed by atoms with Gasteiger partial charge in [0, 0.05) is 23.7 Å². The van der Waals surface area contributed by atoms with Crippen LogP contribution in [0.15, 0.2) is 42.5 Å². The number of amides is 2. The predicted octanol–water partition coefficient (Wildman–Crippen LogP) is 3.23. The molecule has 0 atom stereocenters. The van der Waals surface area contributed by atoms with Crippen LogP contribution in [-0.2, 0) is 11.3 Å². The second kappa shape index (κ2) is 8.89. The van der Waals surface area contributed by atoms with Gasteiger partial charge in [0.25, 0.3) is 5.91 Å². The van der Waals surface area contributed by atoms with E-state index in [1.807, 2.05) is 26.0 Å². The Kier molecular flexibility index (Phi) is 6.60. The lowest BCUT2D eigenvalue weighted by atomic mass is 10.1. The summed E-state index contributed by atoms with van der Waals surface area (Å²) in [6.07, 6.45) is 0. The molecule has 6 nitrogen and oxygen atoms in total. The van der Waals surface area contributed by atoms with Crippen molar-refractivity contribution >= 4 is 17.5 Å². The first-order chi connectivity index (χ1) is 12.4. The summed E-state index contributed by atoms with van der Waals surface area (Å²) in [5.41, 5.74) is 2.09. The molecule has 26 heavy (non-hydrogen) atoms. The summed E-state index contributed by atoms with van der Waals surface area (Å²) < 4.78 is 10.5. The molecule has 0 unspecified atom stereocenters. The van der Waals surface area contributed by atoms with E-state index in [-0.39, 0.29) is 17.7 Å². The third-order valence-electron chi connectivity index (χ3n) is 3.84. The standard InChI is InChI=1S/C20H24N2O4/c1-13(2)19(23)22-16-8-6-15(7-9-16)20(24)21-12-14-5-10-17(25-3)18(11-14)26-4/h5-11,13H,12H2,1-4H3,(H,21,24)(H,22,23). The van der Waals surface area contributed by atoms with Gasteiger partial charge in [0.2, 0.25) is 5.91 Å². The molecule has 0 aliphatic rings. The molecule has 0 aliphatic carbocycles. The molecule has 2 N–H and O–H groups in total. The van der Waals surface area contributed by atoms with E-state index in [0.29, 0.717) is 29.3 Å². The Morgan fingerprint density at radius 3 is 2.19 bits per heavy atom. The monoisotopic (exact) mass is 356 g/mol. The fourth-order valence-electron chi connectivity index (χ4n) is 2.27. The third-order valence-corrected chi connectivity index (χ3v) is 3.84. The van der Waals surface area contributed by atoms with Crippen LogP contribution in [0, 0.1) is 5.92 Å². The number of hydrogen-bond acceptors (Lipinski definition) is 4. The lowest BCUT2D eigenvalue weighted by molar-refractivity contribution is -0.118. The molecular weight excluding hydrogens is 332 g/mol. The number of methoxy groups -OCH3 is 2. The molecule has 0 spiro atoms. The van der Waals surface area contributed by atoms with Crippen LogP contribution in [0.1, 0.15) is 29.8 Å². The number of anilines is 1. The summed E-state index contributed by atoms with van der Waals surface area (Å²) in [7, 11) is 3.15. The zero-order chi connectivity index (χ0) is 19.1. The molecule has 6 heteroatoms. The molecule has 0 heterocycles. The molecule has 0 radical (unpaired) electrons. The molecule has 0 fully saturated rings. The second-order valence-electron chi connectivity index (χ2n) is 6.09. The molecule has 0 saturated carbocycles. The highest BCUT2D eigenvalue weighted by Crippen LogP contribution is 2.27. The Morgan fingerprint density at radius 1 is 0.962 bits per heavy atom. The van der Waals surface area contributed by atoms with Crippen LogP contribution >= 0.6 is 0 Å². The quantitative estimate of drug-likeness (QED) is 0.798. The van der Waals surface area contributed by atoms with Crippen molar-refractivity contribution in [3.63, 3.8) is 0 Å². The Balaban J connectivity index is 1.96. The first kappa shape index (κ1) is 19.3. The minimum absolute atomic E-state index is 0.0596. The van der Waals surface area contributed by atoms with Crippen molar-refractivity contribution in [2.24, 2.45) is 5.92 Å². The first-order valence-electron chi connectivity index (χ1n) is 8.34. The number of nitrogens with one attached hydrogen (secondary N) is 2. The van der Waals surface area contributed by atoms with Crippen LogP contribution in [0.25, 0.3) is 0 Å². The van der Waals surface area contributed by atoms with Crippen molar-refractivity contribution < 1.29 is 19.1 Å². The largest absolute Gasteiger partial charge is 0.493 e. The molecule has 0 aromatic heterocycles. The second-order valence-corrected chi connectivity index (χ2v) is 6.09. The third kappa shape index (κ3) is 4.99. The maximum absolute atomic E-state index is 12.3. The first-order valence-corrected chi connectivity index (χ1v) is 8.34. The molecule has 2 rings (SSSR count). The fourth-order valence-corrected chi connectivity index (χ4v) is 2.27. The van der Waals surface area contributed by atoms with E-state index in [1.54, 1.807) is 44.6 Å². The summed E-state index contributed by atoms with van der Waals surface area (Å²) in [4.78, 5) is 24.0. The molecular formula is C20H24N2O4. The van der Waals surface area contributed by atoms with Crippen molar-refractivity contribution in [3.05, 3.63) is 53.6 Å². The summed E-state index contributed by atoms with van der Waals surface area (Å²) in [5, 5.41) is 5.65. The van der Waals surface area contributed by atoms with E-state index in [2.05, 4.69) is 10.6 Å². The van der Waals surface area contributed by atoms with Gasteiger partial charge in [-0.05, 0) is 42.0 Å². The van der Waals surface area contributed by atoms with E-state index >= 15 is 0 Å². The molecule has 2 aromatic rings. The fraction of sp³-hybridized carbons (Fsp3) is 0.300. The Labute approximate surface area is 153 Å². The maximum Gasteiger partial charge on any atom is 0.251 e. The topological polar surface area (TPSA) is 76.7 Å². The minimum Gasteiger partial charge on any atom is -0.493 e. The van der Waals surface area contributed by atoms with Crippen molar-refractivity contribution in [2.75, 3.05) is 19.5 Å². The molecule has 0 saturated heterocycles. The van der Waals surface area contributed by atoms with Gasteiger partial charge in [-0.1, -0.05) is 19.9 Å². The number of ether oxygens (including phenoxy) is 2. The van der Waals surface area contributed by atoms with Crippen LogP contribution in [0.4, 0.5) is 5.69 Å². The zero-order valence-electron chi connectivity index (χ0n) is 15.5. The van der Waals surface area contributed by atoms with Gasteiger partial charge in [-0.25, -0.2) is 0 Å². The van der Waals surface area contributed by atoms with E-state index in [9.17, 15) is 9.59 Å². The van der Waals surface area contributed by atoms with Crippen molar-refractivity contribution in [3.8, 4) is 11.5 Å². The Morgan fingerprint density at radius 2 is 1.62 bits per heavy atom. The Bertz CT molecular complexity index is 770. The molecule has 2 aromatic carbocycles. The Hall–Kier alpha value is -3.02. The summed E-state index contributed by atoms with van der Waals surface area (Å²) in [6, 6.07) is 12.3. The summed E-state index contributed by atoms with van der Waals surface area (Å²) in [5.74, 6) is 0.905. The lowest BCUT2D eigenvalue weighted by Crippen LogP contribution is -2.23. The van der Waals surface area contributed by atoms with Gasteiger partial charge >= 0.3 is 0 Å². The molecule has 0 aliphatic heterocycles. The van der Waals surface area contributed by atoms with Gasteiger partial charge in [0.1, 0.15) is 0 Å². The SMILES string of the molecule is COc1ccc(CNC(=O)c2ccc(NC(=O)C(C)C)cc2)cc1OC. The normalized spacial score (nSPS) is 10.3. The van der Waals surface area contributed by atoms with Crippen molar-refractivity contribution in [1.29, 1.82) is 0 Å². The number of hydrogen-bond donors (Lipinski definition) is 2. The van der Waals surface area contributed by atoms with Crippen LogP contribution in [-0.4, -0.2) is 26.0 Å². The van der Waals surface area contributed by atoms with E-state index < -0.39 is 0 Å². The van der Waals surface area contributed by atoms with Gasteiger partial charge in [0.15, 0.2) is 11.5 Å². The van der Waals surface area contributed by atoms with Crippen LogP contribution in [0.2, 0.25) is 0 Å². The van der Waals surface area contributed by atoms with Crippen molar-refractivity contribution in [1.82, 2.24) is 5.32 Å². The highest BCUT2D eigenvalue weighted by atomic mass is 16.5. The number of carbonyl (C=O) groups is 2. The molecule has 138 valence electrons. The van der Waals surface area contributed by atoms with Crippen LogP contribution < -0.4 is 20.1 Å². The number of rotatable bonds is 7. The summed E-state index contributed by atoms with van der Waals surface area (Å²) >= 11 is 0. The molecule has 0 bridgehead atoms. The number of carbonyl (C=O) groups excluding carboxylic acids is 2. The average molecular weight is 356 g/mol. The zero-order valence-corrected chi connectivity index (χ0v) is 15.5. The van der Waals surface area contributed by atoms with Crippen molar-refractivity contribution in [2.45, 2.75) is 20.4 Å². The summed E-state index contributed by atoms with van der Waals surface area (Å²) in [6.45, 7) is 4.02.